The molecule has 1 unspecified atom stereocenters. The highest BCUT2D eigenvalue weighted by molar-refractivity contribution is 5.79. The van der Waals surface area contributed by atoms with Crippen molar-refractivity contribution in [3.8, 4) is 0 Å². The molecule has 4 heteroatoms. The van der Waals surface area contributed by atoms with Crippen LogP contribution in [-0.2, 0) is 17.6 Å². The number of H-pyrrole nitrogens is 1. The summed E-state index contributed by atoms with van der Waals surface area (Å²) in [5, 5.41) is 10.2. The van der Waals surface area contributed by atoms with E-state index in [-0.39, 0.29) is 11.9 Å². The summed E-state index contributed by atoms with van der Waals surface area (Å²) in [6.45, 7) is 5.99. The Bertz CT molecular complexity index is 668. The molecule has 0 bridgehead atoms. The maximum Gasteiger partial charge on any atom is 0.225 e. The molecule has 1 aromatic carbocycles. The summed E-state index contributed by atoms with van der Waals surface area (Å²) >= 11 is 0. The summed E-state index contributed by atoms with van der Waals surface area (Å²) in [7, 11) is 0. The molecule has 0 aliphatic heterocycles. The van der Waals surface area contributed by atoms with Crippen LogP contribution in [0.2, 0.25) is 0 Å². The number of amides is 1. The average Bonchev–Trinajstić information content (AvgIpc) is 2.97. The summed E-state index contributed by atoms with van der Waals surface area (Å²) < 4.78 is 0. The lowest BCUT2D eigenvalue weighted by molar-refractivity contribution is -0.121. The van der Waals surface area contributed by atoms with Gasteiger partial charge < -0.3 is 5.32 Å². The lowest BCUT2D eigenvalue weighted by Gasteiger charge is -2.14. The topological polar surface area (TPSA) is 57.8 Å². The van der Waals surface area contributed by atoms with Gasteiger partial charge in [-0.05, 0) is 44.7 Å². The second kappa shape index (κ2) is 5.35. The Hall–Kier alpha value is -2.10. The third-order valence-corrected chi connectivity index (χ3v) is 4.33. The van der Waals surface area contributed by atoms with Gasteiger partial charge in [-0.2, -0.15) is 5.10 Å². The molecular weight excluding hydrogens is 262 g/mol. The van der Waals surface area contributed by atoms with Gasteiger partial charge in [0, 0.05) is 11.3 Å². The highest BCUT2D eigenvalue weighted by atomic mass is 16.1. The molecule has 2 N–H and O–H groups in total. The van der Waals surface area contributed by atoms with Crippen molar-refractivity contribution in [3.05, 3.63) is 51.8 Å². The fourth-order valence-corrected chi connectivity index (χ4v) is 3.14. The molecule has 1 amide bonds. The molecule has 0 saturated heterocycles. The number of aromatic amines is 1. The number of nitrogens with one attached hydrogen (secondary N) is 2. The number of rotatable bonds is 3. The summed E-state index contributed by atoms with van der Waals surface area (Å²) in [5.74, 6) is 0.0704. The van der Waals surface area contributed by atoms with Crippen LogP contribution in [0.25, 0.3) is 0 Å². The highest BCUT2D eigenvalue weighted by Crippen LogP contribution is 2.31. The van der Waals surface area contributed by atoms with E-state index in [0.717, 1.165) is 29.8 Å². The molecule has 4 nitrogen and oxygen atoms in total. The zero-order valence-corrected chi connectivity index (χ0v) is 12.8. The number of hydrogen-bond donors (Lipinski definition) is 2. The zero-order chi connectivity index (χ0) is 15.0. The van der Waals surface area contributed by atoms with Crippen molar-refractivity contribution >= 4 is 5.91 Å². The number of fused-ring (bicyclic) bond motifs is 1. The van der Waals surface area contributed by atoms with Crippen molar-refractivity contribution in [1.29, 1.82) is 0 Å². The zero-order valence-electron chi connectivity index (χ0n) is 12.8. The van der Waals surface area contributed by atoms with Crippen LogP contribution in [-0.4, -0.2) is 16.1 Å². The van der Waals surface area contributed by atoms with Gasteiger partial charge in [0.05, 0.1) is 18.2 Å². The van der Waals surface area contributed by atoms with Crippen LogP contribution in [0.3, 0.4) is 0 Å². The number of benzene rings is 1. The summed E-state index contributed by atoms with van der Waals surface area (Å²) in [6.07, 6.45) is 2.44. The molecule has 1 aliphatic carbocycles. The van der Waals surface area contributed by atoms with E-state index < -0.39 is 0 Å². The van der Waals surface area contributed by atoms with E-state index in [0.29, 0.717) is 6.42 Å². The number of aromatic nitrogens is 2. The minimum absolute atomic E-state index is 0.0704. The fraction of sp³-hybridized carbons (Fsp3) is 0.412. The first kappa shape index (κ1) is 13.9. The molecule has 3 rings (SSSR count). The van der Waals surface area contributed by atoms with Crippen LogP contribution in [0.5, 0.6) is 0 Å². The van der Waals surface area contributed by atoms with Crippen LogP contribution in [0, 0.1) is 20.8 Å². The summed E-state index contributed by atoms with van der Waals surface area (Å²) in [6, 6.07) is 6.65. The Labute approximate surface area is 125 Å². The number of hydrogen-bond acceptors (Lipinski definition) is 2. The van der Waals surface area contributed by atoms with Gasteiger partial charge in [-0.15, -0.1) is 0 Å². The maximum atomic E-state index is 12.3. The molecule has 0 radical (unpaired) electrons. The van der Waals surface area contributed by atoms with Crippen LogP contribution >= 0.6 is 0 Å². The Morgan fingerprint density at radius 3 is 2.90 bits per heavy atom. The van der Waals surface area contributed by atoms with E-state index in [2.05, 4.69) is 40.6 Å². The Kier molecular flexibility index (Phi) is 3.53. The quantitative estimate of drug-likeness (QED) is 0.910. The number of aryl methyl sites for hydroxylation is 4. The van der Waals surface area contributed by atoms with Crippen molar-refractivity contribution in [2.75, 3.05) is 0 Å². The van der Waals surface area contributed by atoms with Gasteiger partial charge in [0.15, 0.2) is 0 Å². The number of carbonyl (C=O) groups excluding carboxylic acids is 1. The summed E-state index contributed by atoms with van der Waals surface area (Å²) in [5.41, 5.74) is 6.82. The highest BCUT2D eigenvalue weighted by Gasteiger charge is 2.24. The molecule has 21 heavy (non-hydrogen) atoms. The standard InChI is InChI=1S/C17H21N3O/c1-10-4-6-14-13(8-10)5-7-16(14)18-17(21)9-15-11(2)19-20-12(15)3/h4,6,8,16H,5,7,9H2,1-3H3,(H,18,21)(H,19,20). The minimum Gasteiger partial charge on any atom is -0.349 e. The molecule has 1 aliphatic rings. The maximum absolute atomic E-state index is 12.3. The normalized spacial score (nSPS) is 16.8. The van der Waals surface area contributed by atoms with E-state index in [1.165, 1.54) is 16.7 Å². The molecule has 1 aromatic heterocycles. The largest absolute Gasteiger partial charge is 0.349 e. The number of nitrogens with zero attached hydrogens (tertiary/aromatic N) is 1. The van der Waals surface area contributed by atoms with Crippen molar-refractivity contribution in [2.24, 2.45) is 0 Å². The minimum atomic E-state index is 0.0704. The van der Waals surface area contributed by atoms with Crippen LogP contribution in [0.1, 0.15) is 46.1 Å². The third kappa shape index (κ3) is 2.71. The van der Waals surface area contributed by atoms with Crippen molar-refractivity contribution in [2.45, 2.75) is 46.1 Å². The smallest absolute Gasteiger partial charge is 0.225 e. The van der Waals surface area contributed by atoms with Gasteiger partial charge in [-0.25, -0.2) is 0 Å². The molecule has 0 saturated carbocycles. The van der Waals surface area contributed by atoms with Crippen molar-refractivity contribution < 1.29 is 4.79 Å². The Balaban J connectivity index is 1.70. The van der Waals surface area contributed by atoms with Crippen LogP contribution in [0.15, 0.2) is 18.2 Å². The second-order valence-corrected chi connectivity index (χ2v) is 5.95. The van der Waals surface area contributed by atoms with E-state index >= 15 is 0 Å². The van der Waals surface area contributed by atoms with Crippen LogP contribution in [0.4, 0.5) is 0 Å². The first-order valence-electron chi connectivity index (χ1n) is 7.44. The van der Waals surface area contributed by atoms with Gasteiger partial charge in [-0.3, -0.25) is 9.89 Å². The van der Waals surface area contributed by atoms with Gasteiger partial charge >= 0.3 is 0 Å². The van der Waals surface area contributed by atoms with Crippen LogP contribution < -0.4 is 5.32 Å². The third-order valence-electron chi connectivity index (χ3n) is 4.33. The van der Waals surface area contributed by atoms with Crippen molar-refractivity contribution in [3.63, 3.8) is 0 Å². The van der Waals surface area contributed by atoms with Crippen molar-refractivity contribution in [1.82, 2.24) is 15.5 Å². The van der Waals surface area contributed by atoms with E-state index in [1.54, 1.807) is 0 Å². The predicted molar refractivity (Wildman–Crippen MR) is 82.1 cm³/mol. The summed E-state index contributed by atoms with van der Waals surface area (Å²) in [4.78, 5) is 12.3. The molecule has 1 heterocycles. The van der Waals surface area contributed by atoms with Gasteiger partial charge in [0.25, 0.3) is 0 Å². The van der Waals surface area contributed by atoms with E-state index in [4.69, 9.17) is 0 Å². The second-order valence-electron chi connectivity index (χ2n) is 5.95. The molecule has 1 atom stereocenters. The molecular formula is C17H21N3O. The first-order valence-corrected chi connectivity index (χ1v) is 7.44. The first-order chi connectivity index (χ1) is 10.0. The molecule has 0 fully saturated rings. The van der Waals surface area contributed by atoms with E-state index in [1.807, 2.05) is 13.8 Å². The average molecular weight is 283 g/mol. The lowest BCUT2D eigenvalue weighted by Crippen LogP contribution is -2.28. The van der Waals surface area contributed by atoms with Gasteiger partial charge in [0.1, 0.15) is 0 Å². The molecule has 110 valence electrons. The fourth-order valence-electron chi connectivity index (χ4n) is 3.14. The van der Waals surface area contributed by atoms with Gasteiger partial charge in [0.2, 0.25) is 5.91 Å². The molecule has 2 aromatic rings. The number of carbonyl (C=O) groups is 1. The van der Waals surface area contributed by atoms with Gasteiger partial charge in [-0.1, -0.05) is 23.8 Å². The van der Waals surface area contributed by atoms with E-state index in [9.17, 15) is 4.79 Å². The molecule has 0 spiro atoms. The monoisotopic (exact) mass is 283 g/mol. The predicted octanol–water partition coefficient (Wildman–Crippen LogP) is 2.68. The Morgan fingerprint density at radius 1 is 1.38 bits per heavy atom. The lowest BCUT2D eigenvalue weighted by atomic mass is 10.0. The SMILES string of the molecule is Cc1ccc2c(c1)CCC2NC(=O)Cc1c(C)n[nH]c1C. The Morgan fingerprint density at radius 2 is 2.19 bits per heavy atom.